The fourth-order valence-electron chi connectivity index (χ4n) is 2.12. The van der Waals surface area contributed by atoms with Crippen LogP contribution in [0.15, 0.2) is 18.2 Å². The van der Waals surface area contributed by atoms with E-state index in [-0.39, 0.29) is 17.7 Å². The highest BCUT2D eigenvalue weighted by atomic mass is 16.3. The summed E-state index contributed by atoms with van der Waals surface area (Å²) in [5, 5.41) is 9.69. The number of hydrogen-bond donors (Lipinski definition) is 1. The molecule has 1 aromatic rings. The van der Waals surface area contributed by atoms with Crippen molar-refractivity contribution in [2.24, 2.45) is 5.92 Å². The van der Waals surface area contributed by atoms with Gasteiger partial charge in [0, 0.05) is 23.7 Å². The predicted molar refractivity (Wildman–Crippen MR) is 71.7 cm³/mol. The Balaban J connectivity index is 2.23. The molecule has 1 aliphatic carbocycles. The average Bonchev–Trinajstić information content (AvgIpc) is 3.12. The van der Waals surface area contributed by atoms with Crippen LogP contribution in [0.2, 0.25) is 0 Å². The molecule has 3 heteroatoms. The molecule has 0 atom stereocenters. The van der Waals surface area contributed by atoms with Gasteiger partial charge < -0.3 is 10.0 Å². The number of phenols is 1. The first-order valence-corrected chi connectivity index (χ1v) is 6.60. The zero-order valence-corrected chi connectivity index (χ0v) is 11.3. The Morgan fingerprint density at radius 1 is 1.44 bits per heavy atom. The summed E-state index contributed by atoms with van der Waals surface area (Å²) in [7, 11) is 0. The second-order valence-electron chi connectivity index (χ2n) is 5.44. The molecule has 0 radical (unpaired) electrons. The second kappa shape index (κ2) is 5.01. The Bertz CT molecular complexity index is 450. The van der Waals surface area contributed by atoms with E-state index in [1.807, 2.05) is 18.7 Å². The van der Waals surface area contributed by atoms with E-state index in [9.17, 15) is 9.90 Å². The van der Waals surface area contributed by atoms with Crippen molar-refractivity contribution in [3.63, 3.8) is 0 Å². The monoisotopic (exact) mass is 247 g/mol. The maximum atomic E-state index is 12.5. The van der Waals surface area contributed by atoms with Gasteiger partial charge in [0.1, 0.15) is 5.75 Å². The maximum absolute atomic E-state index is 12.5. The highest BCUT2D eigenvalue weighted by Gasteiger charge is 2.29. The number of benzene rings is 1. The van der Waals surface area contributed by atoms with Crippen LogP contribution in [0.4, 0.5) is 0 Å². The van der Waals surface area contributed by atoms with Gasteiger partial charge in [0.2, 0.25) is 0 Å². The summed E-state index contributed by atoms with van der Waals surface area (Å²) in [6, 6.07) is 5.33. The molecule has 1 fully saturated rings. The van der Waals surface area contributed by atoms with Crippen molar-refractivity contribution < 1.29 is 9.90 Å². The molecule has 0 heterocycles. The van der Waals surface area contributed by atoms with Gasteiger partial charge in [0.25, 0.3) is 5.91 Å². The molecule has 0 aromatic heterocycles. The van der Waals surface area contributed by atoms with Crippen LogP contribution in [0.5, 0.6) is 5.75 Å². The molecular weight excluding hydrogens is 226 g/mol. The molecule has 0 unspecified atom stereocenters. The Morgan fingerprint density at radius 2 is 2.11 bits per heavy atom. The van der Waals surface area contributed by atoms with Gasteiger partial charge in [-0.1, -0.05) is 6.07 Å². The first-order chi connectivity index (χ1) is 8.50. The molecule has 0 spiro atoms. The summed E-state index contributed by atoms with van der Waals surface area (Å²) in [5.41, 5.74) is 1.29. The lowest BCUT2D eigenvalue weighted by Crippen LogP contribution is -2.38. The van der Waals surface area contributed by atoms with E-state index in [1.165, 1.54) is 12.8 Å². The number of rotatable bonds is 4. The summed E-state index contributed by atoms with van der Waals surface area (Å²) in [4.78, 5) is 14.5. The van der Waals surface area contributed by atoms with Gasteiger partial charge >= 0.3 is 0 Å². The van der Waals surface area contributed by atoms with Gasteiger partial charge in [-0.2, -0.15) is 0 Å². The summed E-state index contributed by atoms with van der Waals surface area (Å²) < 4.78 is 0. The van der Waals surface area contributed by atoms with Crippen LogP contribution in [0.25, 0.3) is 0 Å². The normalized spacial score (nSPS) is 14.9. The molecule has 3 nitrogen and oxygen atoms in total. The zero-order valence-electron chi connectivity index (χ0n) is 11.3. The third-order valence-electron chi connectivity index (χ3n) is 3.57. The smallest absolute Gasteiger partial charge is 0.254 e. The first-order valence-electron chi connectivity index (χ1n) is 6.60. The van der Waals surface area contributed by atoms with Crippen molar-refractivity contribution in [1.82, 2.24) is 4.90 Å². The molecule has 1 aromatic carbocycles. The molecule has 98 valence electrons. The molecular formula is C15H21NO2. The molecule has 1 aliphatic rings. The Labute approximate surface area is 108 Å². The van der Waals surface area contributed by atoms with Crippen LogP contribution in [-0.4, -0.2) is 28.5 Å². The van der Waals surface area contributed by atoms with Crippen LogP contribution < -0.4 is 0 Å². The van der Waals surface area contributed by atoms with Crippen molar-refractivity contribution in [3.8, 4) is 5.75 Å². The van der Waals surface area contributed by atoms with E-state index >= 15 is 0 Å². The van der Waals surface area contributed by atoms with Crippen molar-refractivity contribution >= 4 is 5.91 Å². The third kappa shape index (κ3) is 2.66. The maximum Gasteiger partial charge on any atom is 0.254 e. The van der Waals surface area contributed by atoms with Gasteiger partial charge in [-0.15, -0.1) is 0 Å². The lowest BCUT2D eigenvalue weighted by atomic mass is 10.1. The lowest BCUT2D eigenvalue weighted by molar-refractivity contribution is 0.0695. The minimum absolute atomic E-state index is 0.0327. The highest BCUT2D eigenvalue weighted by Crippen LogP contribution is 2.31. The van der Waals surface area contributed by atoms with Gasteiger partial charge in [-0.25, -0.2) is 0 Å². The van der Waals surface area contributed by atoms with Crippen molar-refractivity contribution in [1.29, 1.82) is 0 Å². The minimum Gasteiger partial charge on any atom is -0.508 e. The predicted octanol–water partition coefficient (Wildman–Crippen LogP) is 2.96. The van der Waals surface area contributed by atoms with Crippen molar-refractivity contribution in [2.75, 3.05) is 6.54 Å². The molecule has 1 amide bonds. The van der Waals surface area contributed by atoms with E-state index in [0.29, 0.717) is 17.0 Å². The molecule has 0 bridgehead atoms. The number of carbonyl (C=O) groups is 1. The molecule has 0 saturated heterocycles. The summed E-state index contributed by atoms with van der Waals surface area (Å²) in [6.07, 6.45) is 2.46. The molecule has 0 aliphatic heterocycles. The average molecular weight is 247 g/mol. The van der Waals surface area contributed by atoms with E-state index in [1.54, 1.807) is 25.1 Å². The summed E-state index contributed by atoms with van der Waals surface area (Å²) >= 11 is 0. The van der Waals surface area contributed by atoms with Crippen LogP contribution in [0, 0.1) is 12.8 Å². The molecule has 1 saturated carbocycles. The fraction of sp³-hybridized carbons (Fsp3) is 0.533. The second-order valence-corrected chi connectivity index (χ2v) is 5.44. The number of nitrogens with zero attached hydrogens (tertiary/aromatic N) is 1. The largest absolute Gasteiger partial charge is 0.508 e. The van der Waals surface area contributed by atoms with E-state index < -0.39 is 0 Å². The number of phenolic OH excluding ortho intramolecular Hbond substituents is 1. The van der Waals surface area contributed by atoms with Gasteiger partial charge in [0.05, 0.1) is 0 Å². The molecule has 1 N–H and O–H groups in total. The van der Waals surface area contributed by atoms with Gasteiger partial charge in [-0.3, -0.25) is 4.79 Å². The minimum atomic E-state index is 0.0327. The number of amides is 1. The van der Waals surface area contributed by atoms with E-state index in [4.69, 9.17) is 0 Å². The Hall–Kier alpha value is -1.51. The molecule has 2 rings (SSSR count). The highest BCUT2D eigenvalue weighted by molar-refractivity contribution is 5.96. The fourth-order valence-corrected chi connectivity index (χ4v) is 2.12. The number of aromatic hydroxyl groups is 1. The zero-order chi connectivity index (χ0) is 13.3. The van der Waals surface area contributed by atoms with Crippen LogP contribution >= 0.6 is 0 Å². The van der Waals surface area contributed by atoms with Crippen LogP contribution in [0.3, 0.4) is 0 Å². The quantitative estimate of drug-likeness (QED) is 0.888. The summed E-state index contributed by atoms with van der Waals surface area (Å²) in [5.74, 6) is 0.898. The van der Waals surface area contributed by atoms with Crippen LogP contribution in [0.1, 0.15) is 42.6 Å². The first kappa shape index (κ1) is 12.9. The van der Waals surface area contributed by atoms with E-state index in [0.717, 1.165) is 6.54 Å². The molecule has 18 heavy (non-hydrogen) atoms. The summed E-state index contributed by atoms with van der Waals surface area (Å²) in [6.45, 7) is 6.71. The number of carbonyl (C=O) groups excluding carboxylic acids is 1. The topological polar surface area (TPSA) is 40.5 Å². The Morgan fingerprint density at radius 3 is 2.67 bits per heavy atom. The SMILES string of the molecule is Cc1c(O)cccc1C(=O)N(CC1CC1)C(C)C. The third-order valence-corrected chi connectivity index (χ3v) is 3.57. The van der Waals surface area contributed by atoms with Crippen molar-refractivity contribution in [2.45, 2.75) is 39.7 Å². The number of hydrogen-bond acceptors (Lipinski definition) is 2. The lowest BCUT2D eigenvalue weighted by Gasteiger charge is -2.27. The Kier molecular flexibility index (Phi) is 3.60. The van der Waals surface area contributed by atoms with Gasteiger partial charge in [0.15, 0.2) is 0 Å². The van der Waals surface area contributed by atoms with Gasteiger partial charge in [-0.05, 0) is 51.7 Å². The standard InChI is InChI=1S/C15H21NO2/c1-10(2)16(9-12-7-8-12)15(18)13-5-4-6-14(17)11(13)3/h4-6,10,12,17H,7-9H2,1-3H3. The van der Waals surface area contributed by atoms with E-state index in [2.05, 4.69) is 0 Å². The van der Waals surface area contributed by atoms with Crippen LogP contribution in [-0.2, 0) is 0 Å². The van der Waals surface area contributed by atoms with Crippen molar-refractivity contribution in [3.05, 3.63) is 29.3 Å².